The van der Waals surface area contributed by atoms with Crippen LogP contribution in [0.5, 0.6) is 0 Å². The van der Waals surface area contributed by atoms with Crippen molar-refractivity contribution in [2.24, 2.45) is 34.0 Å². The molecule has 8 aliphatic rings. The van der Waals surface area contributed by atoms with Crippen LogP contribution in [0.2, 0.25) is 0 Å². The smallest absolute Gasteiger partial charge is 0.341 e. The fourth-order valence-corrected chi connectivity index (χ4v) is 14.2. The summed E-state index contributed by atoms with van der Waals surface area (Å²) >= 11 is 0. The molecule has 4 aliphatic heterocycles. The number of methoxy groups -OCH3 is 1. The molecule has 4 aliphatic carbocycles. The molecule has 4 bridgehead atoms. The van der Waals surface area contributed by atoms with Crippen molar-refractivity contribution < 1.29 is 90.8 Å². The Morgan fingerprint density at radius 3 is 2.05 bits per heavy atom. The zero-order valence-electron chi connectivity index (χ0n) is 37.2. The van der Waals surface area contributed by atoms with Gasteiger partial charge in [0.1, 0.15) is 23.6 Å². The van der Waals surface area contributed by atoms with Gasteiger partial charge in [-0.05, 0) is 32.3 Å². The van der Waals surface area contributed by atoms with Gasteiger partial charge in [-0.3, -0.25) is 19.2 Å². The summed E-state index contributed by atoms with van der Waals surface area (Å²) in [5.41, 5.74) is -16.9. The Morgan fingerprint density at radius 1 is 0.889 bits per heavy atom. The predicted octanol–water partition coefficient (Wildman–Crippen LogP) is 3.19. The molecule has 0 amide bonds. The fourth-order valence-electron chi connectivity index (χ4n) is 14.2. The van der Waals surface area contributed by atoms with Crippen LogP contribution in [-0.4, -0.2) is 118 Å². The lowest BCUT2D eigenvalue weighted by Gasteiger charge is -2.78. The first-order valence-electron chi connectivity index (χ1n) is 21.1. The van der Waals surface area contributed by atoms with Crippen molar-refractivity contribution in [3.63, 3.8) is 0 Å². The minimum absolute atomic E-state index is 0.218. The molecule has 8 fully saturated rings. The van der Waals surface area contributed by atoms with Gasteiger partial charge in [0.25, 0.3) is 5.97 Å². The molecule has 1 aromatic heterocycles. The van der Waals surface area contributed by atoms with E-state index in [9.17, 15) is 34.2 Å². The molecule has 5 heterocycles. The van der Waals surface area contributed by atoms with E-state index in [4.69, 9.17) is 51.8 Å². The van der Waals surface area contributed by atoms with E-state index < -0.39 is 158 Å². The highest BCUT2D eigenvalue weighted by atomic mass is 16.9. The highest BCUT2D eigenvalue weighted by molar-refractivity contribution is 5.92. The molecule has 2 spiro atoms. The molecule has 19 nitrogen and oxygen atoms in total. The third-order valence-corrected chi connectivity index (χ3v) is 16.4. The van der Waals surface area contributed by atoms with Gasteiger partial charge >= 0.3 is 35.8 Å². The van der Waals surface area contributed by atoms with E-state index in [1.54, 1.807) is 41.5 Å². The van der Waals surface area contributed by atoms with Gasteiger partial charge in [0.05, 0.1) is 36.7 Å². The lowest BCUT2D eigenvalue weighted by molar-refractivity contribution is -0.490. The van der Waals surface area contributed by atoms with Crippen LogP contribution in [0.4, 0.5) is 0 Å². The van der Waals surface area contributed by atoms with Crippen LogP contribution in [-0.2, 0) is 76.1 Å². The highest BCUT2D eigenvalue weighted by Crippen LogP contribution is 2.90. The van der Waals surface area contributed by atoms with Crippen LogP contribution in [0.25, 0.3) is 0 Å². The van der Waals surface area contributed by atoms with Gasteiger partial charge in [0.15, 0.2) is 40.7 Å². The maximum absolute atomic E-state index is 15.0. The summed E-state index contributed by atoms with van der Waals surface area (Å²) in [6, 6.07) is 1.50. The molecule has 344 valence electrons. The van der Waals surface area contributed by atoms with Gasteiger partial charge < -0.3 is 62.0 Å². The molecule has 0 radical (unpaired) electrons. The van der Waals surface area contributed by atoms with Gasteiger partial charge in [-0.25, -0.2) is 9.59 Å². The molecule has 63 heavy (non-hydrogen) atoms. The predicted molar refractivity (Wildman–Crippen MR) is 205 cm³/mol. The molecule has 1 aromatic rings. The number of carbonyl (C=O) groups excluding carboxylic acids is 6. The standard InChI is InChI=1S/C44H54O19/c1-18(2)27(49)26-28-37(8,29(58-32(26)50)23-13-14-54-16-23)30(55-20(4)45)31(56-21(5)46)44-39(10)24(15-25(48)53-12)36(7)17-41(39)42(52,33(36)59-35(51)38(9)19(3)60-38)34(57-22(6)47)43(28,44)62-40(11,61-41)63-44/h13-14,16,18-19,24,28-31,33-34,49,52H,15,17H2,1-12H3/b27-26-/t19?,24-,28+,29-,30?,31?,33-,34+,36+,37+,38?,39+,40+,41+,42-,43+,44-/m0/s1. The molecule has 19 heteroatoms. The van der Waals surface area contributed by atoms with Gasteiger partial charge in [-0.1, -0.05) is 34.6 Å². The first-order valence-corrected chi connectivity index (χ1v) is 21.1. The van der Waals surface area contributed by atoms with Crippen molar-refractivity contribution >= 4 is 35.8 Å². The molecule has 2 N–H and O–H groups in total. The van der Waals surface area contributed by atoms with E-state index >= 15 is 4.79 Å². The van der Waals surface area contributed by atoms with E-state index in [-0.39, 0.29) is 12.0 Å². The highest BCUT2D eigenvalue weighted by Gasteiger charge is 3.07. The number of fused-ring (bicyclic) bond motifs is 3. The number of cyclic esters (lactones) is 1. The van der Waals surface area contributed by atoms with Crippen LogP contribution in [0.1, 0.15) is 101 Å². The van der Waals surface area contributed by atoms with E-state index in [0.29, 0.717) is 0 Å². The van der Waals surface area contributed by atoms with Crippen LogP contribution in [0.15, 0.2) is 34.3 Å². The van der Waals surface area contributed by atoms with Gasteiger partial charge in [0, 0.05) is 62.3 Å². The first-order chi connectivity index (χ1) is 29.2. The second-order valence-corrected chi connectivity index (χ2v) is 19.9. The van der Waals surface area contributed by atoms with Crippen molar-refractivity contribution in [1.29, 1.82) is 0 Å². The normalized spacial score (nSPS) is 49.9. The number of aliphatic hydroxyl groups excluding tert-OH is 1. The molecule has 4 unspecified atom stereocenters. The maximum Gasteiger partial charge on any atom is 0.341 e. The second-order valence-electron chi connectivity index (χ2n) is 19.9. The Labute approximate surface area is 362 Å². The number of allylic oxidation sites excluding steroid dienone is 1. The number of epoxide rings is 1. The summed E-state index contributed by atoms with van der Waals surface area (Å²) in [5, 5.41) is 26.7. The lowest BCUT2D eigenvalue weighted by atomic mass is 9.32. The summed E-state index contributed by atoms with van der Waals surface area (Å²) in [6.07, 6.45) is -7.49. The molecule has 0 aromatic carbocycles. The van der Waals surface area contributed by atoms with E-state index in [1.165, 1.54) is 39.5 Å². The molecular weight excluding hydrogens is 832 g/mol. The Bertz CT molecular complexity index is 2270. The summed E-state index contributed by atoms with van der Waals surface area (Å²) < 4.78 is 70.1. The number of carbonyl (C=O) groups is 6. The molecule has 9 rings (SSSR count). The quantitative estimate of drug-likeness (QED) is 0.119. The van der Waals surface area contributed by atoms with Crippen LogP contribution >= 0.6 is 0 Å². The summed E-state index contributed by atoms with van der Waals surface area (Å²) in [5.74, 6) is -12.0. The summed E-state index contributed by atoms with van der Waals surface area (Å²) in [6.45, 7) is 16.0. The number of hydrogen-bond donors (Lipinski definition) is 2. The fraction of sp³-hybridized carbons (Fsp3) is 0.727. The number of hydrogen-bond acceptors (Lipinski definition) is 19. The SMILES string of the molecule is COC(=O)C[C@H]1[C@@]2(C)C[C@@]34O[C@]5(C)O[C@]6([C@@H]7/C(=C(/O)C(C)C)C(=O)O[C@@H](c8ccoc8)[C@]7(C)C(OC(C)=O)C(OC(C)=O)[C@]6(O5)[C@]13C)[C@H](OC(C)=O)[C@@]4(O)[C@H]2OC(=O)C1(C)OC1C. The molecular formula is C44H54O19. The van der Waals surface area contributed by atoms with Crippen molar-refractivity contribution in [1.82, 2.24) is 0 Å². The van der Waals surface area contributed by atoms with E-state index in [1.807, 2.05) is 0 Å². The number of rotatable bonds is 9. The molecule has 17 atom stereocenters. The van der Waals surface area contributed by atoms with E-state index in [2.05, 4.69) is 0 Å². The first kappa shape index (κ1) is 43.7. The third-order valence-electron chi connectivity index (χ3n) is 16.4. The maximum atomic E-state index is 15.0. The number of ether oxygens (including phenoxy) is 10. The Balaban J connectivity index is 1.49. The number of esters is 6. The van der Waals surface area contributed by atoms with Crippen molar-refractivity contribution in [3.05, 3.63) is 35.5 Å². The summed E-state index contributed by atoms with van der Waals surface area (Å²) in [7, 11) is 1.19. The largest absolute Gasteiger partial charge is 0.511 e. The van der Waals surface area contributed by atoms with Gasteiger partial charge in [0.2, 0.25) is 0 Å². The second kappa shape index (κ2) is 12.8. The topological polar surface area (TPSA) is 252 Å². The average Bonchev–Trinajstić information content (AvgIpc) is 3.50. The van der Waals surface area contributed by atoms with Crippen molar-refractivity contribution in [2.75, 3.05) is 7.11 Å². The average molecular weight is 887 g/mol. The van der Waals surface area contributed by atoms with Gasteiger partial charge in [-0.15, -0.1) is 0 Å². The lowest BCUT2D eigenvalue weighted by Crippen LogP contribution is -2.97. The number of furan rings is 1. The van der Waals surface area contributed by atoms with Crippen LogP contribution in [0, 0.1) is 34.0 Å². The van der Waals surface area contributed by atoms with Gasteiger partial charge in [-0.2, -0.15) is 0 Å². The summed E-state index contributed by atoms with van der Waals surface area (Å²) in [4.78, 5) is 84.6. The minimum atomic E-state index is -2.69. The van der Waals surface area contributed by atoms with E-state index in [0.717, 1.165) is 20.8 Å². The Morgan fingerprint density at radius 2 is 1.51 bits per heavy atom. The monoisotopic (exact) mass is 886 g/mol. The molecule has 4 saturated carbocycles. The zero-order chi connectivity index (χ0) is 46.2. The van der Waals surface area contributed by atoms with Crippen LogP contribution in [0.3, 0.4) is 0 Å². The Kier molecular flexibility index (Phi) is 8.89. The third kappa shape index (κ3) is 4.72. The minimum Gasteiger partial charge on any atom is -0.511 e. The zero-order valence-corrected chi connectivity index (χ0v) is 37.2. The molecule has 4 saturated heterocycles. The Hall–Kier alpha value is -4.56. The number of aliphatic hydroxyl groups is 2. The van der Waals surface area contributed by atoms with Crippen LogP contribution < -0.4 is 0 Å². The van der Waals surface area contributed by atoms with Crippen molar-refractivity contribution in [3.8, 4) is 0 Å². The van der Waals surface area contributed by atoms with Crippen molar-refractivity contribution in [2.45, 2.75) is 160 Å².